The van der Waals surface area contributed by atoms with Gasteiger partial charge in [0.1, 0.15) is 10.6 Å². The van der Waals surface area contributed by atoms with Gasteiger partial charge < -0.3 is 9.64 Å². The molecular weight excluding hydrogens is 376 g/mol. The lowest BCUT2D eigenvalue weighted by Crippen LogP contribution is -2.27. The zero-order valence-electron chi connectivity index (χ0n) is 14.2. The van der Waals surface area contributed by atoms with Crippen molar-refractivity contribution in [2.75, 3.05) is 24.9 Å². The summed E-state index contributed by atoms with van der Waals surface area (Å²) in [4.78, 5) is 14.2. The van der Waals surface area contributed by atoms with Crippen molar-refractivity contribution < 1.29 is 17.9 Å². The van der Waals surface area contributed by atoms with Gasteiger partial charge in [0.2, 0.25) is 0 Å². The summed E-state index contributed by atoms with van der Waals surface area (Å²) in [5.41, 5.74) is 0.752. The Morgan fingerprint density at radius 1 is 1.15 bits per heavy atom. The number of methoxy groups -OCH3 is 1. The third-order valence-electron chi connectivity index (χ3n) is 4.17. The first-order chi connectivity index (χ1) is 12.4. The number of nitrogens with one attached hydrogen (secondary N) is 1. The Morgan fingerprint density at radius 3 is 2.58 bits per heavy atom. The highest BCUT2D eigenvalue weighted by Crippen LogP contribution is 2.29. The number of carbonyl (C=O) groups excluding carboxylic acids is 1. The molecule has 0 atom stereocenters. The molecule has 1 fully saturated rings. The number of likely N-dealkylation sites (tertiary alicyclic amines) is 1. The van der Waals surface area contributed by atoms with Crippen LogP contribution in [0.2, 0.25) is 5.02 Å². The summed E-state index contributed by atoms with van der Waals surface area (Å²) in [6.07, 6.45) is 1.99. The zero-order valence-corrected chi connectivity index (χ0v) is 15.8. The number of nitrogens with zero attached hydrogens (tertiary/aromatic N) is 1. The standard InChI is InChI=1S/C18H19ClN2O4S/c1-25-16-8-7-14(19)12-17(16)26(23,24)20-15-6-4-5-13(11-15)18(22)21-9-2-3-10-21/h4-8,11-12,20H,2-3,9-10H2,1H3. The minimum absolute atomic E-state index is 0.0660. The minimum Gasteiger partial charge on any atom is -0.495 e. The fourth-order valence-corrected chi connectivity index (χ4v) is 4.37. The smallest absolute Gasteiger partial charge is 0.265 e. The summed E-state index contributed by atoms with van der Waals surface area (Å²) in [7, 11) is -2.54. The van der Waals surface area contributed by atoms with Crippen LogP contribution in [0.25, 0.3) is 0 Å². The maximum absolute atomic E-state index is 12.7. The average Bonchev–Trinajstić information content (AvgIpc) is 3.15. The van der Waals surface area contributed by atoms with Gasteiger partial charge in [-0.15, -0.1) is 0 Å². The molecule has 1 aliphatic heterocycles. The van der Waals surface area contributed by atoms with Gasteiger partial charge >= 0.3 is 0 Å². The lowest BCUT2D eigenvalue weighted by Gasteiger charge is -2.16. The van der Waals surface area contributed by atoms with Gasteiger partial charge in [-0.25, -0.2) is 8.42 Å². The van der Waals surface area contributed by atoms with E-state index in [1.807, 2.05) is 0 Å². The molecule has 0 aromatic heterocycles. The molecule has 0 radical (unpaired) electrons. The van der Waals surface area contributed by atoms with E-state index in [9.17, 15) is 13.2 Å². The number of halogens is 1. The number of ether oxygens (including phenoxy) is 1. The van der Waals surface area contributed by atoms with Crippen LogP contribution in [-0.4, -0.2) is 39.4 Å². The fourth-order valence-electron chi connectivity index (χ4n) is 2.89. The van der Waals surface area contributed by atoms with E-state index in [-0.39, 0.29) is 21.6 Å². The van der Waals surface area contributed by atoms with Crippen molar-refractivity contribution >= 4 is 33.2 Å². The number of hydrogen-bond acceptors (Lipinski definition) is 4. The molecule has 3 rings (SSSR count). The highest BCUT2D eigenvalue weighted by atomic mass is 35.5. The van der Waals surface area contributed by atoms with Crippen LogP contribution in [0.3, 0.4) is 0 Å². The van der Waals surface area contributed by atoms with Gasteiger partial charge in [-0.1, -0.05) is 17.7 Å². The van der Waals surface area contributed by atoms with Gasteiger partial charge in [0, 0.05) is 29.4 Å². The molecule has 0 unspecified atom stereocenters. The lowest BCUT2D eigenvalue weighted by atomic mass is 10.2. The molecule has 8 heteroatoms. The largest absolute Gasteiger partial charge is 0.495 e. The van der Waals surface area contributed by atoms with E-state index < -0.39 is 10.0 Å². The van der Waals surface area contributed by atoms with Crippen molar-refractivity contribution in [2.45, 2.75) is 17.7 Å². The summed E-state index contributed by atoms with van der Waals surface area (Å²) in [5, 5.41) is 0.282. The van der Waals surface area contributed by atoms with E-state index in [0.717, 1.165) is 25.9 Å². The molecule has 1 heterocycles. The number of amides is 1. The Kier molecular flexibility index (Phi) is 5.38. The van der Waals surface area contributed by atoms with Crippen LogP contribution in [0.15, 0.2) is 47.4 Å². The number of benzene rings is 2. The van der Waals surface area contributed by atoms with Crippen molar-refractivity contribution in [3.63, 3.8) is 0 Å². The normalized spacial score (nSPS) is 14.3. The van der Waals surface area contributed by atoms with Crippen LogP contribution < -0.4 is 9.46 Å². The van der Waals surface area contributed by atoms with Gasteiger partial charge in [-0.05, 0) is 49.2 Å². The fraction of sp³-hybridized carbons (Fsp3) is 0.278. The molecule has 0 saturated carbocycles. The zero-order chi connectivity index (χ0) is 18.7. The van der Waals surface area contributed by atoms with Crippen LogP contribution in [0.1, 0.15) is 23.2 Å². The predicted octanol–water partition coefficient (Wildman–Crippen LogP) is 3.39. The molecule has 138 valence electrons. The molecule has 26 heavy (non-hydrogen) atoms. The Balaban J connectivity index is 1.87. The van der Waals surface area contributed by atoms with Crippen molar-refractivity contribution in [1.82, 2.24) is 4.90 Å². The summed E-state index contributed by atoms with van der Waals surface area (Å²) in [6.45, 7) is 1.46. The maximum atomic E-state index is 12.7. The molecule has 0 aliphatic carbocycles. The second kappa shape index (κ2) is 7.55. The number of sulfonamides is 1. The van der Waals surface area contributed by atoms with Crippen LogP contribution in [0.5, 0.6) is 5.75 Å². The molecule has 1 amide bonds. The molecule has 1 N–H and O–H groups in total. The number of hydrogen-bond donors (Lipinski definition) is 1. The summed E-state index contributed by atoms with van der Waals surface area (Å²) in [6, 6.07) is 10.8. The Hall–Kier alpha value is -2.25. The van der Waals surface area contributed by atoms with E-state index in [0.29, 0.717) is 11.3 Å². The summed E-state index contributed by atoms with van der Waals surface area (Å²) < 4.78 is 33.1. The average molecular weight is 395 g/mol. The molecule has 1 aliphatic rings. The van der Waals surface area contributed by atoms with Crippen molar-refractivity contribution in [1.29, 1.82) is 0 Å². The minimum atomic E-state index is -3.92. The van der Waals surface area contributed by atoms with Crippen molar-refractivity contribution in [3.05, 3.63) is 53.1 Å². The Bertz CT molecular complexity index is 925. The van der Waals surface area contributed by atoms with E-state index in [1.165, 1.54) is 25.3 Å². The third kappa shape index (κ3) is 3.94. The highest BCUT2D eigenvalue weighted by molar-refractivity contribution is 7.92. The van der Waals surface area contributed by atoms with Crippen molar-refractivity contribution in [2.24, 2.45) is 0 Å². The first-order valence-corrected chi connectivity index (χ1v) is 10.0. The summed E-state index contributed by atoms with van der Waals surface area (Å²) in [5.74, 6) is 0.0927. The second-order valence-corrected chi connectivity index (χ2v) is 8.07. The van der Waals surface area contributed by atoms with Crippen LogP contribution in [0, 0.1) is 0 Å². The molecular formula is C18H19ClN2O4S. The molecule has 6 nitrogen and oxygen atoms in total. The van der Waals surface area contributed by atoms with Crippen molar-refractivity contribution in [3.8, 4) is 5.75 Å². The lowest BCUT2D eigenvalue weighted by molar-refractivity contribution is 0.0793. The quantitative estimate of drug-likeness (QED) is 0.843. The highest BCUT2D eigenvalue weighted by Gasteiger charge is 2.22. The van der Waals surface area contributed by atoms with Gasteiger partial charge in [0.05, 0.1) is 7.11 Å². The first kappa shape index (κ1) is 18.5. The summed E-state index contributed by atoms with van der Waals surface area (Å²) >= 11 is 5.92. The van der Waals surface area contributed by atoms with Crippen LogP contribution in [0.4, 0.5) is 5.69 Å². The molecule has 1 saturated heterocycles. The van der Waals surface area contributed by atoms with Gasteiger partial charge in [-0.3, -0.25) is 9.52 Å². The molecule has 0 bridgehead atoms. The van der Waals surface area contributed by atoms with Gasteiger partial charge in [0.15, 0.2) is 0 Å². The van der Waals surface area contributed by atoms with E-state index in [2.05, 4.69) is 4.72 Å². The van der Waals surface area contributed by atoms with Gasteiger partial charge in [0.25, 0.3) is 15.9 Å². The van der Waals surface area contributed by atoms with Gasteiger partial charge in [-0.2, -0.15) is 0 Å². The molecule has 2 aromatic rings. The maximum Gasteiger partial charge on any atom is 0.265 e. The second-order valence-electron chi connectivity index (χ2n) is 5.98. The first-order valence-electron chi connectivity index (χ1n) is 8.16. The number of rotatable bonds is 5. The van der Waals surface area contributed by atoms with Crippen LogP contribution >= 0.6 is 11.6 Å². The molecule has 2 aromatic carbocycles. The topological polar surface area (TPSA) is 75.7 Å². The third-order valence-corrected chi connectivity index (χ3v) is 5.81. The van der Waals surface area contributed by atoms with Crippen LogP contribution in [-0.2, 0) is 10.0 Å². The monoisotopic (exact) mass is 394 g/mol. The predicted molar refractivity (Wildman–Crippen MR) is 100 cm³/mol. The Morgan fingerprint density at radius 2 is 1.88 bits per heavy atom. The Labute approximate surface area is 157 Å². The van der Waals surface area contributed by atoms with E-state index >= 15 is 0 Å². The van der Waals surface area contributed by atoms with E-state index in [4.69, 9.17) is 16.3 Å². The SMILES string of the molecule is COc1ccc(Cl)cc1S(=O)(=O)Nc1cccc(C(=O)N2CCCC2)c1. The number of carbonyl (C=O) groups is 1. The number of anilines is 1. The molecule has 0 spiro atoms. The van der Waals surface area contributed by atoms with E-state index in [1.54, 1.807) is 29.2 Å².